The Labute approximate surface area is 90.1 Å². The fraction of sp³-hybridized carbons (Fsp3) is 0.300. The van der Waals surface area contributed by atoms with E-state index >= 15 is 0 Å². The van der Waals surface area contributed by atoms with Crippen molar-refractivity contribution in [1.82, 2.24) is 0 Å². The van der Waals surface area contributed by atoms with Crippen LogP contribution in [-0.2, 0) is 11.3 Å². The monoisotopic (exact) mass is 256 g/mol. The SMILES string of the molecule is O=C(CBr)c1cccc2c1COCO2. The first-order chi connectivity index (χ1) is 6.83. The number of halogens is 1. The van der Waals surface area contributed by atoms with Gasteiger partial charge in [-0.25, -0.2) is 0 Å². The number of carbonyl (C=O) groups excluding carboxylic acids is 1. The molecule has 0 fully saturated rings. The molecule has 1 aromatic carbocycles. The fourth-order valence-electron chi connectivity index (χ4n) is 1.43. The highest BCUT2D eigenvalue weighted by atomic mass is 79.9. The number of hydrogen-bond donors (Lipinski definition) is 0. The molecule has 0 aromatic heterocycles. The van der Waals surface area contributed by atoms with E-state index in [2.05, 4.69) is 15.9 Å². The molecule has 74 valence electrons. The molecule has 0 spiro atoms. The van der Waals surface area contributed by atoms with Crippen LogP contribution in [0, 0.1) is 0 Å². The van der Waals surface area contributed by atoms with Gasteiger partial charge in [-0.3, -0.25) is 4.79 Å². The summed E-state index contributed by atoms with van der Waals surface area (Å²) in [6.07, 6.45) is 0. The van der Waals surface area contributed by atoms with Crippen LogP contribution in [0.2, 0.25) is 0 Å². The Bertz CT molecular complexity index is 362. The van der Waals surface area contributed by atoms with Crippen molar-refractivity contribution in [2.24, 2.45) is 0 Å². The van der Waals surface area contributed by atoms with E-state index in [1.165, 1.54) is 0 Å². The third-order valence-corrected chi connectivity index (χ3v) is 2.61. The third-order valence-electron chi connectivity index (χ3n) is 2.10. The molecule has 14 heavy (non-hydrogen) atoms. The molecule has 0 atom stereocenters. The number of ether oxygens (including phenoxy) is 2. The maximum atomic E-state index is 11.5. The topological polar surface area (TPSA) is 35.5 Å². The standard InChI is InChI=1S/C10H9BrO3/c11-4-9(12)7-2-1-3-10-8(7)5-13-6-14-10/h1-3H,4-6H2. The van der Waals surface area contributed by atoms with Crippen molar-refractivity contribution >= 4 is 21.7 Å². The van der Waals surface area contributed by atoms with Crippen LogP contribution in [0.25, 0.3) is 0 Å². The van der Waals surface area contributed by atoms with E-state index in [-0.39, 0.29) is 12.6 Å². The molecule has 1 aromatic rings. The highest BCUT2D eigenvalue weighted by molar-refractivity contribution is 9.09. The fourth-order valence-corrected chi connectivity index (χ4v) is 1.73. The van der Waals surface area contributed by atoms with Gasteiger partial charge in [-0.05, 0) is 6.07 Å². The van der Waals surface area contributed by atoms with Crippen molar-refractivity contribution in [3.05, 3.63) is 29.3 Å². The number of ketones is 1. The summed E-state index contributed by atoms with van der Waals surface area (Å²) < 4.78 is 10.4. The third kappa shape index (κ3) is 1.67. The molecule has 0 saturated heterocycles. The summed E-state index contributed by atoms with van der Waals surface area (Å²) in [6, 6.07) is 5.46. The van der Waals surface area contributed by atoms with E-state index in [1.807, 2.05) is 12.1 Å². The second kappa shape index (κ2) is 4.11. The minimum absolute atomic E-state index is 0.0518. The van der Waals surface area contributed by atoms with Crippen molar-refractivity contribution in [2.75, 3.05) is 12.1 Å². The summed E-state index contributed by atoms with van der Waals surface area (Å²) in [5.74, 6) is 0.805. The summed E-state index contributed by atoms with van der Waals surface area (Å²) in [5, 5.41) is 0.323. The lowest BCUT2D eigenvalue weighted by Gasteiger charge is -2.19. The van der Waals surface area contributed by atoms with Gasteiger partial charge in [0.1, 0.15) is 5.75 Å². The van der Waals surface area contributed by atoms with Gasteiger partial charge in [0, 0.05) is 11.1 Å². The molecular formula is C10H9BrO3. The first kappa shape index (κ1) is 9.68. The van der Waals surface area contributed by atoms with Gasteiger partial charge < -0.3 is 9.47 Å². The highest BCUT2D eigenvalue weighted by Gasteiger charge is 2.17. The van der Waals surface area contributed by atoms with E-state index in [1.54, 1.807) is 6.07 Å². The van der Waals surface area contributed by atoms with Crippen LogP contribution >= 0.6 is 15.9 Å². The predicted molar refractivity (Wildman–Crippen MR) is 54.9 cm³/mol. The Hall–Kier alpha value is -0.870. The van der Waals surface area contributed by atoms with E-state index in [9.17, 15) is 4.79 Å². The van der Waals surface area contributed by atoms with Gasteiger partial charge >= 0.3 is 0 Å². The molecule has 2 rings (SSSR count). The van der Waals surface area contributed by atoms with Gasteiger partial charge in [0.25, 0.3) is 0 Å². The van der Waals surface area contributed by atoms with Gasteiger partial charge in [0.15, 0.2) is 12.6 Å². The van der Waals surface area contributed by atoms with Crippen LogP contribution in [0.15, 0.2) is 18.2 Å². The average molecular weight is 257 g/mol. The molecule has 0 amide bonds. The second-order valence-corrected chi connectivity index (χ2v) is 3.51. The Morgan fingerprint density at radius 2 is 2.36 bits per heavy atom. The molecule has 1 aliphatic heterocycles. The molecule has 0 aliphatic carbocycles. The number of rotatable bonds is 2. The highest BCUT2D eigenvalue weighted by Crippen LogP contribution is 2.27. The Morgan fingerprint density at radius 3 is 3.14 bits per heavy atom. The second-order valence-electron chi connectivity index (χ2n) is 2.95. The quantitative estimate of drug-likeness (QED) is 0.601. The lowest BCUT2D eigenvalue weighted by Crippen LogP contribution is -2.15. The van der Waals surface area contributed by atoms with E-state index < -0.39 is 0 Å². The Balaban J connectivity index is 2.45. The number of hydrogen-bond acceptors (Lipinski definition) is 3. The van der Waals surface area contributed by atoms with Crippen LogP contribution < -0.4 is 4.74 Å². The van der Waals surface area contributed by atoms with E-state index in [4.69, 9.17) is 9.47 Å². The van der Waals surface area contributed by atoms with Crippen molar-refractivity contribution in [1.29, 1.82) is 0 Å². The maximum absolute atomic E-state index is 11.5. The zero-order valence-electron chi connectivity index (χ0n) is 7.46. The normalized spacial score (nSPS) is 14.4. The number of benzene rings is 1. The van der Waals surface area contributed by atoms with E-state index in [0.29, 0.717) is 17.5 Å². The number of Topliss-reactive ketones (excluding diaryl/α,β-unsaturated/α-hetero) is 1. The summed E-state index contributed by atoms with van der Waals surface area (Å²) in [5.41, 5.74) is 1.53. The zero-order valence-corrected chi connectivity index (χ0v) is 9.04. The predicted octanol–water partition coefficient (Wildman–Crippen LogP) is 2.13. The maximum Gasteiger partial charge on any atom is 0.189 e. The number of fused-ring (bicyclic) bond motifs is 1. The molecule has 0 N–H and O–H groups in total. The minimum Gasteiger partial charge on any atom is -0.467 e. The van der Waals surface area contributed by atoms with Gasteiger partial charge in [-0.1, -0.05) is 28.1 Å². The molecular weight excluding hydrogens is 248 g/mol. The number of alkyl halides is 1. The molecule has 0 unspecified atom stereocenters. The van der Waals surface area contributed by atoms with Crippen molar-refractivity contribution < 1.29 is 14.3 Å². The first-order valence-corrected chi connectivity index (χ1v) is 5.36. The van der Waals surface area contributed by atoms with Crippen LogP contribution in [0.5, 0.6) is 5.75 Å². The molecule has 3 nitrogen and oxygen atoms in total. The van der Waals surface area contributed by atoms with Crippen LogP contribution in [-0.4, -0.2) is 17.9 Å². The lowest BCUT2D eigenvalue weighted by molar-refractivity contribution is -0.0167. The van der Waals surface area contributed by atoms with E-state index in [0.717, 1.165) is 11.3 Å². The Morgan fingerprint density at radius 1 is 1.50 bits per heavy atom. The van der Waals surface area contributed by atoms with Gasteiger partial charge in [0.05, 0.1) is 11.9 Å². The zero-order chi connectivity index (χ0) is 9.97. The largest absolute Gasteiger partial charge is 0.467 e. The van der Waals surface area contributed by atoms with Crippen LogP contribution in [0.3, 0.4) is 0 Å². The Kier molecular flexibility index (Phi) is 2.84. The molecule has 0 bridgehead atoms. The van der Waals surface area contributed by atoms with Crippen molar-refractivity contribution in [3.8, 4) is 5.75 Å². The van der Waals surface area contributed by atoms with Gasteiger partial charge in [0.2, 0.25) is 0 Å². The molecule has 0 saturated carbocycles. The first-order valence-electron chi connectivity index (χ1n) is 4.24. The average Bonchev–Trinajstić information content (AvgIpc) is 2.27. The number of carbonyl (C=O) groups is 1. The minimum atomic E-state index is 0.0518. The van der Waals surface area contributed by atoms with Gasteiger partial charge in [-0.2, -0.15) is 0 Å². The van der Waals surface area contributed by atoms with Crippen molar-refractivity contribution in [2.45, 2.75) is 6.61 Å². The van der Waals surface area contributed by atoms with Crippen molar-refractivity contribution in [3.63, 3.8) is 0 Å². The van der Waals surface area contributed by atoms with Crippen LogP contribution in [0.4, 0.5) is 0 Å². The molecule has 0 radical (unpaired) electrons. The summed E-state index contributed by atoms with van der Waals surface area (Å²) >= 11 is 3.15. The summed E-state index contributed by atoms with van der Waals surface area (Å²) in [4.78, 5) is 11.5. The summed E-state index contributed by atoms with van der Waals surface area (Å²) in [7, 11) is 0. The smallest absolute Gasteiger partial charge is 0.189 e. The summed E-state index contributed by atoms with van der Waals surface area (Å²) in [6.45, 7) is 0.712. The van der Waals surface area contributed by atoms with Crippen LogP contribution in [0.1, 0.15) is 15.9 Å². The lowest BCUT2D eigenvalue weighted by atomic mass is 10.0. The molecule has 1 heterocycles. The van der Waals surface area contributed by atoms with Gasteiger partial charge in [-0.15, -0.1) is 0 Å². The molecule has 4 heteroatoms. The molecule has 1 aliphatic rings.